The number of amides is 1. The third kappa shape index (κ3) is 3.30. The molecule has 7 heteroatoms. The van der Waals surface area contributed by atoms with Crippen LogP contribution in [0.5, 0.6) is 0 Å². The number of hydrogen-bond donors (Lipinski definition) is 2. The standard InChI is InChI=1S/C17H14N4O3/c22-16(19-15(17(23)24)12-4-2-1-3-5-12)14-8-11-21(20-14)13-6-9-18-10-7-13/h1-11,15H,(H,19,22)(H,23,24). The summed E-state index contributed by atoms with van der Waals surface area (Å²) in [5, 5.41) is 16.0. The summed E-state index contributed by atoms with van der Waals surface area (Å²) in [5.41, 5.74) is 1.38. The molecule has 0 bridgehead atoms. The first-order valence-corrected chi connectivity index (χ1v) is 7.20. The molecule has 1 atom stereocenters. The molecule has 0 saturated heterocycles. The van der Waals surface area contributed by atoms with Gasteiger partial charge < -0.3 is 10.4 Å². The van der Waals surface area contributed by atoms with E-state index < -0.39 is 17.9 Å². The van der Waals surface area contributed by atoms with Gasteiger partial charge in [0.1, 0.15) is 0 Å². The van der Waals surface area contributed by atoms with Crippen molar-refractivity contribution in [3.63, 3.8) is 0 Å². The van der Waals surface area contributed by atoms with E-state index in [4.69, 9.17) is 0 Å². The highest BCUT2D eigenvalue weighted by Crippen LogP contribution is 2.14. The van der Waals surface area contributed by atoms with Gasteiger partial charge in [0.15, 0.2) is 11.7 Å². The van der Waals surface area contributed by atoms with Crippen LogP contribution in [0.25, 0.3) is 5.69 Å². The van der Waals surface area contributed by atoms with Crippen molar-refractivity contribution in [2.24, 2.45) is 0 Å². The number of aliphatic carboxylic acids is 1. The zero-order valence-corrected chi connectivity index (χ0v) is 12.5. The maximum Gasteiger partial charge on any atom is 0.330 e. The third-order valence-corrected chi connectivity index (χ3v) is 3.40. The van der Waals surface area contributed by atoms with Crippen LogP contribution in [0, 0.1) is 0 Å². The van der Waals surface area contributed by atoms with Crippen molar-refractivity contribution in [1.82, 2.24) is 20.1 Å². The summed E-state index contributed by atoms with van der Waals surface area (Å²) in [5.74, 6) is -1.69. The minimum absolute atomic E-state index is 0.133. The smallest absolute Gasteiger partial charge is 0.330 e. The number of carbonyl (C=O) groups is 2. The Bertz CT molecular complexity index is 847. The monoisotopic (exact) mass is 322 g/mol. The quantitative estimate of drug-likeness (QED) is 0.747. The molecule has 0 aliphatic rings. The van der Waals surface area contributed by atoms with Crippen LogP contribution in [0.4, 0.5) is 0 Å². The van der Waals surface area contributed by atoms with Crippen LogP contribution in [0.1, 0.15) is 22.1 Å². The molecule has 7 nitrogen and oxygen atoms in total. The van der Waals surface area contributed by atoms with Crippen molar-refractivity contribution in [3.8, 4) is 5.69 Å². The molecule has 2 N–H and O–H groups in total. The molecule has 0 radical (unpaired) electrons. The number of carboxylic acids is 1. The number of carbonyl (C=O) groups excluding carboxylic acids is 1. The largest absolute Gasteiger partial charge is 0.479 e. The van der Waals surface area contributed by atoms with Crippen molar-refractivity contribution in [2.45, 2.75) is 6.04 Å². The predicted molar refractivity (Wildman–Crippen MR) is 85.6 cm³/mol. The van der Waals surface area contributed by atoms with E-state index in [2.05, 4.69) is 15.4 Å². The van der Waals surface area contributed by atoms with E-state index in [0.29, 0.717) is 5.56 Å². The molecule has 1 unspecified atom stereocenters. The van der Waals surface area contributed by atoms with Crippen molar-refractivity contribution in [3.05, 3.63) is 78.4 Å². The van der Waals surface area contributed by atoms with Gasteiger partial charge in [-0.05, 0) is 23.8 Å². The first-order chi connectivity index (χ1) is 11.6. The summed E-state index contributed by atoms with van der Waals surface area (Å²) in [4.78, 5) is 27.7. The van der Waals surface area contributed by atoms with Crippen LogP contribution < -0.4 is 5.32 Å². The normalized spacial score (nSPS) is 11.7. The van der Waals surface area contributed by atoms with Crippen LogP contribution >= 0.6 is 0 Å². The van der Waals surface area contributed by atoms with Crippen LogP contribution in [0.3, 0.4) is 0 Å². The van der Waals surface area contributed by atoms with E-state index in [9.17, 15) is 14.7 Å². The molecule has 24 heavy (non-hydrogen) atoms. The Kier molecular flexibility index (Phi) is 4.33. The molecule has 0 aliphatic heterocycles. The van der Waals surface area contributed by atoms with E-state index in [1.807, 2.05) is 0 Å². The van der Waals surface area contributed by atoms with Gasteiger partial charge in [0.05, 0.1) is 5.69 Å². The average molecular weight is 322 g/mol. The molecule has 0 fully saturated rings. The zero-order chi connectivity index (χ0) is 16.9. The van der Waals surface area contributed by atoms with Gasteiger partial charge in [0, 0.05) is 18.6 Å². The Morgan fingerprint density at radius 2 is 1.75 bits per heavy atom. The number of nitrogens with zero attached hydrogens (tertiary/aromatic N) is 3. The second-order valence-corrected chi connectivity index (χ2v) is 5.01. The van der Waals surface area contributed by atoms with E-state index in [1.54, 1.807) is 61.1 Å². The number of aromatic nitrogens is 3. The summed E-state index contributed by atoms with van der Waals surface area (Å²) in [6, 6.07) is 12.4. The zero-order valence-electron chi connectivity index (χ0n) is 12.5. The Morgan fingerprint density at radius 3 is 2.42 bits per heavy atom. The number of carboxylic acid groups (broad SMARTS) is 1. The number of nitrogens with one attached hydrogen (secondary N) is 1. The number of hydrogen-bond acceptors (Lipinski definition) is 4. The first-order valence-electron chi connectivity index (χ1n) is 7.20. The van der Waals surface area contributed by atoms with Crippen LogP contribution in [0.2, 0.25) is 0 Å². The van der Waals surface area contributed by atoms with E-state index in [-0.39, 0.29) is 5.69 Å². The highest BCUT2D eigenvalue weighted by molar-refractivity contribution is 5.95. The average Bonchev–Trinajstić information content (AvgIpc) is 3.11. The van der Waals surface area contributed by atoms with Crippen LogP contribution in [0.15, 0.2) is 67.1 Å². The van der Waals surface area contributed by atoms with Gasteiger partial charge in [-0.2, -0.15) is 5.10 Å². The first kappa shape index (κ1) is 15.4. The maximum absolute atomic E-state index is 12.3. The van der Waals surface area contributed by atoms with Gasteiger partial charge in [0.2, 0.25) is 0 Å². The molecule has 2 heterocycles. The van der Waals surface area contributed by atoms with Crippen molar-refractivity contribution < 1.29 is 14.7 Å². The molecule has 0 aliphatic carbocycles. The van der Waals surface area contributed by atoms with E-state index >= 15 is 0 Å². The molecule has 1 aromatic carbocycles. The number of rotatable bonds is 5. The van der Waals surface area contributed by atoms with Crippen molar-refractivity contribution >= 4 is 11.9 Å². The lowest BCUT2D eigenvalue weighted by Crippen LogP contribution is -2.34. The van der Waals surface area contributed by atoms with Crippen molar-refractivity contribution in [1.29, 1.82) is 0 Å². The Labute approximate surface area is 137 Å². The molecule has 3 aromatic rings. The Morgan fingerprint density at radius 1 is 1.04 bits per heavy atom. The highest BCUT2D eigenvalue weighted by Gasteiger charge is 2.23. The fourth-order valence-corrected chi connectivity index (χ4v) is 2.22. The van der Waals surface area contributed by atoms with Gasteiger partial charge in [-0.1, -0.05) is 30.3 Å². The summed E-state index contributed by atoms with van der Waals surface area (Å²) >= 11 is 0. The minimum atomic E-state index is -1.14. The Balaban J connectivity index is 1.79. The lowest BCUT2D eigenvalue weighted by Gasteiger charge is -2.13. The minimum Gasteiger partial charge on any atom is -0.479 e. The summed E-state index contributed by atoms with van der Waals surface area (Å²) < 4.78 is 1.52. The van der Waals surface area contributed by atoms with Gasteiger partial charge in [0.25, 0.3) is 5.91 Å². The fourth-order valence-electron chi connectivity index (χ4n) is 2.22. The van der Waals surface area contributed by atoms with E-state index in [0.717, 1.165) is 5.69 Å². The lowest BCUT2D eigenvalue weighted by atomic mass is 10.1. The second kappa shape index (κ2) is 6.74. The fraction of sp³-hybridized carbons (Fsp3) is 0.0588. The molecule has 3 rings (SSSR count). The lowest BCUT2D eigenvalue weighted by molar-refractivity contribution is -0.139. The van der Waals surface area contributed by atoms with Gasteiger partial charge >= 0.3 is 5.97 Å². The Hall–Kier alpha value is -3.48. The third-order valence-electron chi connectivity index (χ3n) is 3.40. The van der Waals surface area contributed by atoms with Crippen molar-refractivity contribution in [2.75, 3.05) is 0 Å². The summed E-state index contributed by atoms with van der Waals surface area (Å²) in [6.07, 6.45) is 4.86. The molecule has 0 spiro atoms. The van der Waals surface area contributed by atoms with Gasteiger partial charge in [-0.3, -0.25) is 9.78 Å². The van der Waals surface area contributed by atoms with Gasteiger partial charge in [-0.15, -0.1) is 0 Å². The van der Waals surface area contributed by atoms with E-state index in [1.165, 1.54) is 10.7 Å². The SMILES string of the molecule is O=C(NC(C(=O)O)c1ccccc1)c1ccn(-c2ccncc2)n1. The molecule has 2 aromatic heterocycles. The van der Waals surface area contributed by atoms with Crippen LogP contribution in [-0.4, -0.2) is 31.7 Å². The molecule has 120 valence electrons. The van der Waals surface area contributed by atoms with Crippen LogP contribution in [-0.2, 0) is 4.79 Å². The highest BCUT2D eigenvalue weighted by atomic mass is 16.4. The molecular formula is C17H14N4O3. The topological polar surface area (TPSA) is 97.1 Å². The second-order valence-electron chi connectivity index (χ2n) is 5.01. The summed E-state index contributed by atoms with van der Waals surface area (Å²) in [6.45, 7) is 0. The maximum atomic E-state index is 12.3. The van der Waals surface area contributed by atoms with Gasteiger partial charge in [-0.25, -0.2) is 9.48 Å². The number of pyridine rings is 1. The molecule has 0 saturated carbocycles. The predicted octanol–water partition coefficient (Wildman–Crippen LogP) is 1.82. The molecule has 1 amide bonds. The summed E-state index contributed by atoms with van der Waals surface area (Å²) in [7, 11) is 0. The molecular weight excluding hydrogens is 308 g/mol. The number of benzene rings is 1.